The fourth-order valence-electron chi connectivity index (χ4n) is 0.753. The van der Waals surface area contributed by atoms with E-state index in [1.807, 2.05) is 18.2 Å². The molecule has 4 heteroatoms. The third kappa shape index (κ3) is 2.26. The van der Waals surface area contributed by atoms with E-state index in [2.05, 4.69) is 26.0 Å². The summed E-state index contributed by atoms with van der Waals surface area (Å²) in [4.78, 5) is 2.69. The molecular weight excluding hydrogens is 206 g/mol. The lowest BCUT2D eigenvalue weighted by Crippen LogP contribution is -1.73. The molecule has 0 N–H and O–H groups in total. The summed E-state index contributed by atoms with van der Waals surface area (Å²) in [5.41, 5.74) is 9.89. The van der Waals surface area contributed by atoms with E-state index in [1.165, 1.54) is 0 Å². The molecule has 11 heavy (non-hydrogen) atoms. The summed E-state index contributed by atoms with van der Waals surface area (Å²) in [5.74, 6) is 0. The van der Waals surface area contributed by atoms with Crippen LogP contribution in [-0.2, 0) is 5.33 Å². The van der Waals surface area contributed by atoms with E-state index in [4.69, 9.17) is 5.53 Å². The second-order valence-electron chi connectivity index (χ2n) is 1.99. The van der Waals surface area contributed by atoms with Crippen molar-refractivity contribution in [2.24, 2.45) is 5.11 Å². The Labute approximate surface area is 72.8 Å². The van der Waals surface area contributed by atoms with Crippen LogP contribution >= 0.6 is 15.9 Å². The molecule has 0 fully saturated rings. The van der Waals surface area contributed by atoms with E-state index in [-0.39, 0.29) is 0 Å². The maximum atomic E-state index is 8.13. The second kappa shape index (κ2) is 4.01. The third-order valence-corrected chi connectivity index (χ3v) is 1.87. The zero-order valence-corrected chi connectivity index (χ0v) is 7.32. The van der Waals surface area contributed by atoms with Crippen molar-refractivity contribution in [3.63, 3.8) is 0 Å². The molecule has 0 heterocycles. The van der Waals surface area contributed by atoms with Crippen molar-refractivity contribution in [3.05, 3.63) is 40.3 Å². The van der Waals surface area contributed by atoms with Gasteiger partial charge in [-0.1, -0.05) is 39.2 Å². The van der Waals surface area contributed by atoms with Crippen LogP contribution in [0.4, 0.5) is 5.69 Å². The Bertz CT molecular complexity index is 291. The van der Waals surface area contributed by atoms with E-state index in [0.29, 0.717) is 5.69 Å². The fraction of sp³-hybridized carbons (Fsp3) is 0.143. The standard InChI is InChI=1S/C7H6BrN3/c8-5-6-2-1-3-7(4-6)10-11-9/h1-4H,5H2. The van der Waals surface area contributed by atoms with Crippen molar-refractivity contribution >= 4 is 21.6 Å². The Kier molecular flexibility index (Phi) is 2.95. The average molecular weight is 212 g/mol. The lowest BCUT2D eigenvalue weighted by atomic mass is 10.2. The largest absolute Gasteiger partial charge is 0.0876 e. The molecule has 0 saturated heterocycles. The highest BCUT2D eigenvalue weighted by atomic mass is 79.9. The van der Waals surface area contributed by atoms with E-state index in [0.717, 1.165) is 10.9 Å². The van der Waals surface area contributed by atoms with Crippen LogP contribution in [0.1, 0.15) is 5.56 Å². The number of hydrogen-bond acceptors (Lipinski definition) is 1. The molecule has 1 aromatic carbocycles. The second-order valence-corrected chi connectivity index (χ2v) is 2.55. The van der Waals surface area contributed by atoms with Crippen molar-refractivity contribution in [2.75, 3.05) is 0 Å². The number of halogens is 1. The SMILES string of the molecule is [N-]=[N+]=Nc1cccc(CBr)c1. The first kappa shape index (κ1) is 8.11. The van der Waals surface area contributed by atoms with Crippen LogP contribution < -0.4 is 0 Å². The van der Waals surface area contributed by atoms with Crippen molar-refractivity contribution in [1.29, 1.82) is 0 Å². The molecule has 1 rings (SSSR count). The summed E-state index contributed by atoms with van der Waals surface area (Å²) >= 11 is 3.31. The van der Waals surface area contributed by atoms with E-state index in [1.54, 1.807) is 6.07 Å². The topological polar surface area (TPSA) is 48.8 Å². The smallest absolute Gasteiger partial charge is 0.0378 e. The Morgan fingerprint density at radius 2 is 2.36 bits per heavy atom. The Balaban J connectivity index is 3.00. The van der Waals surface area contributed by atoms with Crippen LogP contribution in [-0.4, -0.2) is 0 Å². The molecule has 56 valence electrons. The summed E-state index contributed by atoms with van der Waals surface area (Å²) < 4.78 is 0. The number of nitrogens with zero attached hydrogens (tertiary/aromatic N) is 3. The van der Waals surface area contributed by atoms with Gasteiger partial charge in [-0.15, -0.1) is 0 Å². The molecule has 0 radical (unpaired) electrons. The first-order valence-corrected chi connectivity index (χ1v) is 4.19. The van der Waals surface area contributed by atoms with Crippen LogP contribution in [0.2, 0.25) is 0 Å². The number of azide groups is 1. The minimum absolute atomic E-state index is 0.657. The highest BCUT2D eigenvalue weighted by molar-refractivity contribution is 9.08. The molecule has 0 amide bonds. The van der Waals surface area contributed by atoms with Crippen molar-refractivity contribution < 1.29 is 0 Å². The van der Waals surface area contributed by atoms with Crippen LogP contribution in [0.25, 0.3) is 10.4 Å². The fourth-order valence-corrected chi connectivity index (χ4v) is 1.10. The third-order valence-electron chi connectivity index (χ3n) is 1.23. The summed E-state index contributed by atoms with van der Waals surface area (Å²) in [6.07, 6.45) is 0. The van der Waals surface area contributed by atoms with Gasteiger partial charge in [0.2, 0.25) is 0 Å². The lowest BCUT2D eigenvalue weighted by Gasteiger charge is -1.94. The van der Waals surface area contributed by atoms with Gasteiger partial charge in [0.15, 0.2) is 0 Å². The van der Waals surface area contributed by atoms with Crippen LogP contribution in [0.15, 0.2) is 29.4 Å². The molecule has 0 aliphatic carbocycles. The number of benzene rings is 1. The molecule has 0 bridgehead atoms. The zero-order valence-electron chi connectivity index (χ0n) is 5.74. The number of alkyl halides is 1. The molecular formula is C7H6BrN3. The maximum Gasteiger partial charge on any atom is 0.0378 e. The molecule has 0 aliphatic heterocycles. The average Bonchev–Trinajstić information content (AvgIpc) is 2.06. The monoisotopic (exact) mass is 211 g/mol. The van der Waals surface area contributed by atoms with Gasteiger partial charge >= 0.3 is 0 Å². The van der Waals surface area contributed by atoms with Crippen LogP contribution in [0.3, 0.4) is 0 Å². The van der Waals surface area contributed by atoms with Crippen molar-refractivity contribution in [1.82, 2.24) is 0 Å². The van der Waals surface area contributed by atoms with Gasteiger partial charge in [-0.2, -0.15) is 0 Å². The zero-order chi connectivity index (χ0) is 8.10. The van der Waals surface area contributed by atoms with Crippen LogP contribution in [0, 0.1) is 0 Å². The maximum absolute atomic E-state index is 8.13. The molecule has 0 atom stereocenters. The van der Waals surface area contributed by atoms with Gasteiger partial charge in [0.05, 0.1) is 0 Å². The van der Waals surface area contributed by atoms with Gasteiger partial charge < -0.3 is 0 Å². The van der Waals surface area contributed by atoms with Crippen LogP contribution in [0.5, 0.6) is 0 Å². The van der Waals surface area contributed by atoms with E-state index < -0.39 is 0 Å². The first-order chi connectivity index (χ1) is 5.36. The number of hydrogen-bond donors (Lipinski definition) is 0. The van der Waals surface area contributed by atoms with E-state index in [9.17, 15) is 0 Å². The minimum atomic E-state index is 0.657. The van der Waals surface area contributed by atoms with Gasteiger partial charge in [0, 0.05) is 15.9 Å². The Morgan fingerprint density at radius 1 is 1.55 bits per heavy atom. The van der Waals surface area contributed by atoms with Gasteiger partial charge in [-0.3, -0.25) is 0 Å². The first-order valence-electron chi connectivity index (χ1n) is 3.07. The van der Waals surface area contributed by atoms with Gasteiger partial charge in [0.25, 0.3) is 0 Å². The predicted molar refractivity (Wildman–Crippen MR) is 47.9 cm³/mol. The highest BCUT2D eigenvalue weighted by Crippen LogP contribution is 2.15. The molecule has 0 spiro atoms. The normalized spacial score (nSPS) is 8.82. The van der Waals surface area contributed by atoms with Crippen molar-refractivity contribution in [2.45, 2.75) is 5.33 Å². The van der Waals surface area contributed by atoms with Crippen molar-refractivity contribution in [3.8, 4) is 0 Å². The minimum Gasteiger partial charge on any atom is -0.0876 e. The Morgan fingerprint density at radius 3 is 3.00 bits per heavy atom. The van der Waals surface area contributed by atoms with Gasteiger partial charge in [-0.25, -0.2) is 0 Å². The van der Waals surface area contributed by atoms with E-state index >= 15 is 0 Å². The summed E-state index contributed by atoms with van der Waals surface area (Å²) in [6, 6.07) is 7.44. The lowest BCUT2D eigenvalue weighted by molar-refractivity contribution is 1.39. The Hall–Kier alpha value is -0.990. The molecule has 1 aromatic rings. The summed E-state index contributed by atoms with van der Waals surface area (Å²) in [7, 11) is 0. The molecule has 0 aliphatic rings. The molecule has 0 unspecified atom stereocenters. The summed E-state index contributed by atoms with van der Waals surface area (Å²) in [6.45, 7) is 0. The summed E-state index contributed by atoms with van der Waals surface area (Å²) in [5, 5.41) is 4.25. The van der Waals surface area contributed by atoms with Gasteiger partial charge in [0.1, 0.15) is 0 Å². The number of rotatable bonds is 2. The van der Waals surface area contributed by atoms with Gasteiger partial charge in [-0.05, 0) is 17.2 Å². The highest BCUT2D eigenvalue weighted by Gasteiger charge is 1.90. The predicted octanol–water partition coefficient (Wildman–Crippen LogP) is 3.52. The molecule has 0 aromatic heterocycles. The quantitative estimate of drug-likeness (QED) is 0.311. The molecule has 0 saturated carbocycles. The molecule has 3 nitrogen and oxygen atoms in total.